The lowest BCUT2D eigenvalue weighted by molar-refractivity contribution is 0.264. The Bertz CT molecular complexity index is 375. The molecule has 0 saturated heterocycles. The van der Waals surface area contributed by atoms with Crippen molar-refractivity contribution in [2.45, 2.75) is 71.8 Å². The van der Waals surface area contributed by atoms with E-state index in [1.165, 1.54) is 38.5 Å². The maximum atomic E-state index is 4.63. The first-order valence-electron chi connectivity index (χ1n) is 8.03. The summed E-state index contributed by atoms with van der Waals surface area (Å²) in [5, 5.41) is 3.47. The van der Waals surface area contributed by atoms with Crippen molar-refractivity contribution in [3.8, 4) is 0 Å². The Kier molecular flexibility index (Phi) is 5.29. The second kappa shape index (κ2) is 6.97. The predicted molar refractivity (Wildman–Crippen MR) is 81.6 cm³/mol. The highest BCUT2D eigenvalue weighted by atomic mass is 15.2. The summed E-state index contributed by atoms with van der Waals surface area (Å²) in [4.78, 5) is 4.63. The quantitative estimate of drug-likeness (QED) is 0.816. The van der Waals surface area contributed by atoms with Crippen LogP contribution in [0.1, 0.15) is 70.5 Å². The molecule has 1 aromatic rings. The van der Waals surface area contributed by atoms with Gasteiger partial charge in [0.1, 0.15) is 0 Å². The Morgan fingerprint density at radius 1 is 1.21 bits per heavy atom. The van der Waals surface area contributed by atoms with Crippen LogP contribution in [-0.2, 0) is 0 Å². The zero-order chi connectivity index (χ0) is 13.7. The highest BCUT2D eigenvalue weighted by Gasteiger charge is 2.23. The van der Waals surface area contributed by atoms with E-state index >= 15 is 0 Å². The van der Waals surface area contributed by atoms with Gasteiger partial charge in [-0.05, 0) is 44.9 Å². The van der Waals surface area contributed by atoms with Crippen LogP contribution in [0.4, 0.5) is 5.95 Å². The minimum atomic E-state index is 0.661. The van der Waals surface area contributed by atoms with Crippen molar-refractivity contribution < 1.29 is 0 Å². The molecular weight excluding hydrogens is 234 g/mol. The average Bonchev–Trinajstić information content (AvgIpc) is 2.79. The van der Waals surface area contributed by atoms with Gasteiger partial charge in [0.05, 0.1) is 5.69 Å². The van der Waals surface area contributed by atoms with Crippen LogP contribution < -0.4 is 5.32 Å². The molecule has 1 saturated carbocycles. The molecule has 1 heterocycles. The van der Waals surface area contributed by atoms with Crippen molar-refractivity contribution in [3.05, 3.63) is 11.9 Å². The van der Waals surface area contributed by atoms with Gasteiger partial charge in [-0.1, -0.05) is 26.7 Å². The van der Waals surface area contributed by atoms with E-state index in [2.05, 4.69) is 41.8 Å². The average molecular weight is 263 g/mol. The van der Waals surface area contributed by atoms with Crippen molar-refractivity contribution >= 4 is 5.95 Å². The molecule has 0 aromatic carbocycles. The number of nitrogens with zero attached hydrogens (tertiary/aromatic N) is 2. The van der Waals surface area contributed by atoms with Crippen molar-refractivity contribution in [1.82, 2.24) is 9.55 Å². The number of imidazole rings is 1. The summed E-state index contributed by atoms with van der Waals surface area (Å²) in [7, 11) is 0. The van der Waals surface area contributed by atoms with Gasteiger partial charge in [0.15, 0.2) is 0 Å². The molecule has 2 rings (SSSR count). The molecule has 1 aliphatic rings. The second-order valence-corrected chi connectivity index (χ2v) is 6.00. The highest BCUT2D eigenvalue weighted by molar-refractivity contribution is 5.29. The van der Waals surface area contributed by atoms with Crippen molar-refractivity contribution in [2.24, 2.45) is 5.92 Å². The number of aryl methyl sites for hydroxylation is 1. The molecule has 1 N–H and O–H groups in total. The maximum Gasteiger partial charge on any atom is 0.203 e. The van der Waals surface area contributed by atoms with E-state index in [4.69, 9.17) is 0 Å². The zero-order valence-electron chi connectivity index (χ0n) is 12.8. The summed E-state index contributed by atoms with van der Waals surface area (Å²) in [5.41, 5.74) is 1.13. The molecule has 0 atom stereocenters. The van der Waals surface area contributed by atoms with E-state index in [1.807, 2.05) is 0 Å². The number of hydrogen-bond donors (Lipinski definition) is 1. The lowest BCUT2D eigenvalue weighted by Crippen LogP contribution is -2.19. The standard InChI is InChI=1S/C16H29N3/c1-4-6-14-7-9-15(10-8-14)19-12-13(3)18-16(19)17-11-5-2/h12,14-15H,4-11H2,1-3H3,(H,17,18). The fraction of sp³-hybridized carbons (Fsp3) is 0.812. The lowest BCUT2D eigenvalue weighted by atomic mass is 9.83. The van der Waals surface area contributed by atoms with Gasteiger partial charge in [-0.3, -0.25) is 0 Å². The van der Waals surface area contributed by atoms with Crippen LogP contribution in [0, 0.1) is 12.8 Å². The first-order chi connectivity index (χ1) is 9.24. The van der Waals surface area contributed by atoms with E-state index < -0.39 is 0 Å². The number of hydrogen-bond acceptors (Lipinski definition) is 2. The first-order valence-corrected chi connectivity index (χ1v) is 8.03. The van der Waals surface area contributed by atoms with Crippen LogP contribution in [0.3, 0.4) is 0 Å². The van der Waals surface area contributed by atoms with Gasteiger partial charge in [0.25, 0.3) is 0 Å². The Balaban J connectivity index is 1.98. The predicted octanol–water partition coefficient (Wildman–Crippen LogP) is 4.54. The van der Waals surface area contributed by atoms with Gasteiger partial charge in [-0.25, -0.2) is 4.98 Å². The van der Waals surface area contributed by atoms with Crippen LogP contribution >= 0.6 is 0 Å². The van der Waals surface area contributed by atoms with Crippen molar-refractivity contribution in [1.29, 1.82) is 0 Å². The highest BCUT2D eigenvalue weighted by Crippen LogP contribution is 2.35. The van der Waals surface area contributed by atoms with E-state index in [9.17, 15) is 0 Å². The van der Waals surface area contributed by atoms with E-state index in [0.29, 0.717) is 6.04 Å². The van der Waals surface area contributed by atoms with Gasteiger partial charge in [-0.2, -0.15) is 0 Å². The van der Waals surface area contributed by atoms with Gasteiger partial charge < -0.3 is 9.88 Å². The molecule has 0 aliphatic heterocycles. The van der Waals surface area contributed by atoms with Crippen LogP contribution in [0.2, 0.25) is 0 Å². The van der Waals surface area contributed by atoms with Gasteiger partial charge in [0, 0.05) is 18.8 Å². The SMILES string of the molecule is CCCNc1nc(C)cn1C1CCC(CCC)CC1. The van der Waals surface area contributed by atoms with Gasteiger partial charge in [0.2, 0.25) is 5.95 Å². The molecular formula is C16H29N3. The molecule has 0 amide bonds. The topological polar surface area (TPSA) is 29.9 Å². The van der Waals surface area contributed by atoms with Crippen molar-refractivity contribution in [2.75, 3.05) is 11.9 Å². The molecule has 0 unspecified atom stereocenters. The summed E-state index contributed by atoms with van der Waals surface area (Å²) in [5.74, 6) is 2.05. The van der Waals surface area contributed by atoms with Crippen LogP contribution in [0.25, 0.3) is 0 Å². The van der Waals surface area contributed by atoms with Crippen LogP contribution in [-0.4, -0.2) is 16.1 Å². The van der Waals surface area contributed by atoms with Gasteiger partial charge in [-0.15, -0.1) is 0 Å². The third-order valence-corrected chi connectivity index (χ3v) is 4.29. The number of aromatic nitrogens is 2. The molecule has 108 valence electrons. The van der Waals surface area contributed by atoms with Crippen LogP contribution in [0.15, 0.2) is 6.20 Å². The molecule has 0 radical (unpaired) electrons. The zero-order valence-corrected chi connectivity index (χ0v) is 12.8. The fourth-order valence-electron chi connectivity index (χ4n) is 3.28. The summed E-state index contributed by atoms with van der Waals surface area (Å²) >= 11 is 0. The first kappa shape index (κ1) is 14.4. The van der Waals surface area contributed by atoms with E-state index in [0.717, 1.165) is 30.5 Å². The molecule has 1 aliphatic carbocycles. The Hall–Kier alpha value is -0.990. The second-order valence-electron chi connectivity index (χ2n) is 6.00. The minimum Gasteiger partial charge on any atom is -0.356 e. The van der Waals surface area contributed by atoms with E-state index in [-0.39, 0.29) is 0 Å². The summed E-state index contributed by atoms with van der Waals surface area (Å²) in [6, 6.07) is 0.661. The number of anilines is 1. The summed E-state index contributed by atoms with van der Waals surface area (Å²) in [6.45, 7) is 7.61. The van der Waals surface area contributed by atoms with Crippen molar-refractivity contribution in [3.63, 3.8) is 0 Å². The minimum absolute atomic E-state index is 0.661. The normalized spacial score (nSPS) is 23.5. The fourth-order valence-corrected chi connectivity index (χ4v) is 3.28. The van der Waals surface area contributed by atoms with E-state index in [1.54, 1.807) is 0 Å². The smallest absolute Gasteiger partial charge is 0.203 e. The molecule has 19 heavy (non-hydrogen) atoms. The number of rotatable bonds is 6. The molecule has 3 heteroatoms. The van der Waals surface area contributed by atoms with Gasteiger partial charge >= 0.3 is 0 Å². The Labute approximate surface area is 117 Å². The summed E-state index contributed by atoms with van der Waals surface area (Å²) in [6.07, 6.45) is 11.5. The molecule has 0 bridgehead atoms. The largest absolute Gasteiger partial charge is 0.356 e. The Morgan fingerprint density at radius 2 is 1.95 bits per heavy atom. The monoisotopic (exact) mass is 263 g/mol. The van der Waals surface area contributed by atoms with Crippen LogP contribution in [0.5, 0.6) is 0 Å². The molecule has 0 spiro atoms. The molecule has 1 fully saturated rings. The molecule has 3 nitrogen and oxygen atoms in total. The summed E-state index contributed by atoms with van der Waals surface area (Å²) < 4.78 is 2.40. The maximum absolute atomic E-state index is 4.63. The molecule has 1 aromatic heterocycles. The number of nitrogens with one attached hydrogen (secondary N) is 1. The third-order valence-electron chi connectivity index (χ3n) is 4.29. The third kappa shape index (κ3) is 3.74. The lowest BCUT2D eigenvalue weighted by Gasteiger charge is -2.30. The Morgan fingerprint density at radius 3 is 2.58 bits per heavy atom.